The van der Waals surface area contributed by atoms with E-state index in [0.717, 1.165) is 6.07 Å². The number of alkyl halides is 3. The molecule has 5 rings (SSSR count). The summed E-state index contributed by atoms with van der Waals surface area (Å²) in [4.78, 5) is 24.2. The number of rotatable bonds is 4. The Balaban J connectivity index is 1.56. The van der Waals surface area contributed by atoms with Crippen molar-refractivity contribution in [3.63, 3.8) is 0 Å². The number of anilines is 2. The standard InChI is InChI=1S/C24H22F4N6O/c1-14-15(4-3-5-17(14)24(26,27)28)12-30-22-16-10-20(33-9-8-32(2)21(35)13-33)18(25)11-19(16)34-7-6-29-23(34)31-22/h3-7,10-11H,8-9,12-13H2,1-2H3,(H,29,30,31). The lowest BCUT2D eigenvalue weighted by Gasteiger charge is -2.33. The fourth-order valence-corrected chi connectivity index (χ4v) is 4.37. The summed E-state index contributed by atoms with van der Waals surface area (Å²) in [6.45, 7) is 2.49. The van der Waals surface area contributed by atoms with Crippen molar-refractivity contribution in [1.82, 2.24) is 19.3 Å². The van der Waals surface area contributed by atoms with Gasteiger partial charge in [0.15, 0.2) is 0 Å². The van der Waals surface area contributed by atoms with Crippen LogP contribution in [0.25, 0.3) is 16.7 Å². The first-order chi connectivity index (χ1) is 16.6. The average molecular weight is 486 g/mol. The highest BCUT2D eigenvalue weighted by molar-refractivity contribution is 5.94. The molecule has 1 aliphatic heterocycles. The van der Waals surface area contributed by atoms with Crippen LogP contribution in [0.15, 0.2) is 42.7 Å². The Hall–Kier alpha value is -3.89. The maximum Gasteiger partial charge on any atom is 0.416 e. The smallest absolute Gasteiger partial charge is 0.365 e. The number of hydrogen-bond donors (Lipinski definition) is 1. The van der Waals surface area contributed by atoms with Gasteiger partial charge in [0.1, 0.15) is 11.6 Å². The van der Waals surface area contributed by atoms with Gasteiger partial charge in [-0.3, -0.25) is 9.20 Å². The van der Waals surface area contributed by atoms with E-state index >= 15 is 4.39 Å². The average Bonchev–Trinajstić information content (AvgIpc) is 3.28. The number of carbonyl (C=O) groups is 1. The van der Waals surface area contributed by atoms with Crippen molar-refractivity contribution in [2.75, 3.05) is 36.9 Å². The van der Waals surface area contributed by atoms with Gasteiger partial charge in [-0.25, -0.2) is 9.37 Å². The van der Waals surface area contributed by atoms with Crippen LogP contribution in [0.2, 0.25) is 0 Å². The Morgan fingerprint density at radius 3 is 2.71 bits per heavy atom. The molecular formula is C24H22F4N6O. The van der Waals surface area contributed by atoms with Crippen LogP contribution >= 0.6 is 0 Å². The molecule has 1 saturated heterocycles. The highest BCUT2D eigenvalue weighted by atomic mass is 19.4. The number of carbonyl (C=O) groups excluding carboxylic acids is 1. The molecule has 2 aromatic carbocycles. The molecule has 0 aliphatic carbocycles. The zero-order valence-electron chi connectivity index (χ0n) is 19.0. The molecule has 35 heavy (non-hydrogen) atoms. The van der Waals surface area contributed by atoms with E-state index in [1.807, 2.05) is 0 Å². The van der Waals surface area contributed by atoms with Gasteiger partial charge in [-0.05, 0) is 30.2 Å². The van der Waals surface area contributed by atoms with Gasteiger partial charge in [0, 0.05) is 50.5 Å². The fraction of sp³-hybridized carbons (Fsp3) is 0.292. The van der Waals surface area contributed by atoms with Crippen molar-refractivity contribution in [2.45, 2.75) is 19.6 Å². The maximum absolute atomic E-state index is 15.2. The minimum Gasteiger partial charge on any atom is -0.365 e. The number of likely N-dealkylation sites (N-methyl/N-ethyl adjacent to an activating group) is 1. The number of fused-ring (bicyclic) bond motifs is 3. The number of benzene rings is 2. The summed E-state index contributed by atoms with van der Waals surface area (Å²) in [5, 5.41) is 3.68. The van der Waals surface area contributed by atoms with E-state index in [2.05, 4.69) is 15.3 Å². The molecule has 3 heterocycles. The summed E-state index contributed by atoms with van der Waals surface area (Å²) >= 11 is 0. The van der Waals surface area contributed by atoms with Crippen LogP contribution in [-0.4, -0.2) is 51.9 Å². The van der Waals surface area contributed by atoms with E-state index in [1.165, 1.54) is 25.3 Å². The molecule has 2 aromatic heterocycles. The number of nitrogens with zero attached hydrogens (tertiary/aromatic N) is 5. The number of imidazole rings is 1. The quantitative estimate of drug-likeness (QED) is 0.437. The highest BCUT2D eigenvalue weighted by Gasteiger charge is 2.32. The largest absolute Gasteiger partial charge is 0.416 e. The molecule has 1 fully saturated rings. The summed E-state index contributed by atoms with van der Waals surface area (Å²) in [6.07, 6.45) is -1.26. The SMILES string of the molecule is Cc1c(CNc2nc3nccn3c3cc(F)c(N4CCN(C)C(=O)C4)cc23)cccc1C(F)(F)F. The van der Waals surface area contributed by atoms with Crippen LogP contribution in [0.3, 0.4) is 0 Å². The van der Waals surface area contributed by atoms with Crippen molar-refractivity contribution >= 4 is 34.1 Å². The molecule has 1 amide bonds. The predicted octanol–water partition coefficient (Wildman–Crippen LogP) is 4.24. The Bertz CT molecular complexity index is 1450. The zero-order chi connectivity index (χ0) is 24.9. The summed E-state index contributed by atoms with van der Waals surface area (Å²) in [5.74, 6) is 0.0768. The third kappa shape index (κ3) is 4.11. The second kappa shape index (κ2) is 8.40. The lowest BCUT2D eigenvalue weighted by Crippen LogP contribution is -2.48. The summed E-state index contributed by atoms with van der Waals surface area (Å²) in [7, 11) is 1.70. The van der Waals surface area contributed by atoms with Gasteiger partial charge >= 0.3 is 6.18 Å². The molecule has 0 bridgehead atoms. The molecule has 7 nitrogen and oxygen atoms in total. The number of hydrogen-bond acceptors (Lipinski definition) is 5. The normalized spacial score (nSPS) is 14.9. The van der Waals surface area contributed by atoms with Crippen LogP contribution in [0.4, 0.5) is 29.1 Å². The van der Waals surface area contributed by atoms with E-state index in [1.54, 1.807) is 39.6 Å². The second-order valence-corrected chi connectivity index (χ2v) is 8.56. The fourth-order valence-electron chi connectivity index (χ4n) is 4.37. The Morgan fingerprint density at radius 1 is 1.17 bits per heavy atom. The molecule has 1 aliphatic rings. The van der Waals surface area contributed by atoms with Crippen LogP contribution in [-0.2, 0) is 17.5 Å². The van der Waals surface area contributed by atoms with E-state index in [9.17, 15) is 18.0 Å². The minimum atomic E-state index is -4.45. The lowest BCUT2D eigenvalue weighted by molar-refractivity contribution is -0.138. The van der Waals surface area contributed by atoms with Gasteiger partial charge in [0.25, 0.3) is 0 Å². The predicted molar refractivity (Wildman–Crippen MR) is 124 cm³/mol. The topological polar surface area (TPSA) is 65.8 Å². The van der Waals surface area contributed by atoms with Gasteiger partial charge in [-0.2, -0.15) is 18.2 Å². The summed E-state index contributed by atoms with van der Waals surface area (Å²) in [5.41, 5.74) is 0.657. The van der Waals surface area contributed by atoms with E-state index in [4.69, 9.17) is 0 Å². The maximum atomic E-state index is 15.2. The van der Waals surface area contributed by atoms with Crippen LogP contribution in [0, 0.1) is 12.7 Å². The van der Waals surface area contributed by atoms with Gasteiger partial charge in [-0.15, -0.1) is 0 Å². The number of amides is 1. The second-order valence-electron chi connectivity index (χ2n) is 8.56. The lowest BCUT2D eigenvalue weighted by atomic mass is 10.0. The minimum absolute atomic E-state index is 0.0475. The zero-order valence-corrected chi connectivity index (χ0v) is 19.0. The number of aromatic nitrogens is 3. The molecule has 0 spiro atoms. The number of piperazine rings is 1. The van der Waals surface area contributed by atoms with Crippen molar-refractivity contribution in [3.8, 4) is 0 Å². The van der Waals surface area contributed by atoms with E-state index in [-0.39, 0.29) is 30.2 Å². The Labute approximate surface area is 198 Å². The van der Waals surface area contributed by atoms with Gasteiger partial charge < -0.3 is 15.1 Å². The van der Waals surface area contributed by atoms with Gasteiger partial charge in [-0.1, -0.05) is 12.1 Å². The first kappa shape index (κ1) is 22.9. The molecule has 0 unspecified atom stereocenters. The molecule has 0 radical (unpaired) electrons. The van der Waals surface area contributed by atoms with Crippen LogP contribution in [0.5, 0.6) is 0 Å². The third-order valence-electron chi connectivity index (χ3n) is 6.41. The van der Waals surface area contributed by atoms with Crippen molar-refractivity contribution < 1.29 is 22.4 Å². The molecule has 11 heteroatoms. The van der Waals surface area contributed by atoms with Crippen molar-refractivity contribution in [2.24, 2.45) is 0 Å². The first-order valence-electron chi connectivity index (χ1n) is 11.0. The van der Waals surface area contributed by atoms with Crippen molar-refractivity contribution in [3.05, 3.63) is 65.2 Å². The highest BCUT2D eigenvalue weighted by Crippen LogP contribution is 2.34. The van der Waals surface area contributed by atoms with Gasteiger partial charge in [0.05, 0.1) is 23.3 Å². The molecule has 0 saturated carbocycles. The first-order valence-corrected chi connectivity index (χ1v) is 11.0. The monoisotopic (exact) mass is 486 g/mol. The number of halogens is 4. The summed E-state index contributed by atoms with van der Waals surface area (Å²) in [6, 6.07) is 7.03. The molecule has 4 aromatic rings. The molecule has 0 atom stereocenters. The molecular weight excluding hydrogens is 464 g/mol. The molecule has 182 valence electrons. The summed E-state index contributed by atoms with van der Waals surface area (Å²) < 4.78 is 56.9. The van der Waals surface area contributed by atoms with Crippen molar-refractivity contribution in [1.29, 1.82) is 0 Å². The Morgan fingerprint density at radius 2 is 1.97 bits per heavy atom. The third-order valence-corrected chi connectivity index (χ3v) is 6.41. The molecule has 1 N–H and O–H groups in total. The van der Waals surface area contributed by atoms with Crippen LogP contribution in [0.1, 0.15) is 16.7 Å². The van der Waals surface area contributed by atoms with Gasteiger partial charge in [0.2, 0.25) is 11.7 Å². The van der Waals surface area contributed by atoms with E-state index < -0.39 is 17.6 Å². The Kier molecular flexibility index (Phi) is 5.49. The number of nitrogens with one attached hydrogen (secondary N) is 1. The van der Waals surface area contributed by atoms with Crippen LogP contribution < -0.4 is 10.2 Å². The van der Waals surface area contributed by atoms with E-state index in [0.29, 0.717) is 41.2 Å².